The lowest BCUT2D eigenvalue weighted by atomic mass is 10.0. The molecule has 0 aliphatic carbocycles. The Morgan fingerprint density at radius 3 is 2.60 bits per heavy atom. The second kappa shape index (κ2) is 6.37. The lowest BCUT2D eigenvalue weighted by Gasteiger charge is -2.19. The molecule has 4 heteroatoms. The molecule has 1 N–H and O–H groups in total. The molecule has 2 aromatic carbocycles. The predicted octanol–water partition coefficient (Wildman–Crippen LogP) is 4.54. The van der Waals surface area contributed by atoms with Gasteiger partial charge < -0.3 is 10.1 Å². The molecule has 2 nitrogen and oxygen atoms in total. The molecule has 1 unspecified atom stereocenters. The molecular weight excluding hydrogens is 260 g/mol. The molecule has 0 fully saturated rings. The van der Waals surface area contributed by atoms with Gasteiger partial charge in [-0.3, -0.25) is 0 Å². The van der Waals surface area contributed by atoms with Gasteiger partial charge in [-0.2, -0.15) is 0 Å². The first kappa shape index (κ1) is 14.3. The van der Waals surface area contributed by atoms with Crippen LogP contribution in [0.3, 0.4) is 0 Å². The molecule has 2 aromatic rings. The number of hydrogen-bond donors (Lipinski definition) is 1. The summed E-state index contributed by atoms with van der Waals surface area (Å²) in [5, 5.41) is 3.26. The summed E-state index contributed by atoms with van der Waals surface area (Å²) in [6.07, 6.45) is 0.781. The standard InChI is InChI=1S/C16H17F2NO/c1-3-15(11-5-4-6-12(17)9-11)19-13-7-8-14(18)16(10-13)20-2/h4-10,15,19H,3H2,1-2H3. The molecule has 0 aliphatic heterocycles. The molecule has 0 bridgehead atoms. The average molecular weight is 277 g/mol. The lowest BCUT2D eigenvalue weighted by Crippen LogP contribution is -2.10. The zero-order chi connectivity index (χ0) is 14.5. The third kappa shape index (κ3) is 3.26. The van der Waals surface area contributed by atoms with E-state index in [9.17, 15) is 8.78 Å². The van der Waals surface area contributed by atoms with Gasteiger partial charge >= 0.3 is 0 Å². The van der Waals surface area contributed by atoms with Gasteiger partial charge in [-0.05, 0) is 36.2 Å². The van der Waals surface area contributed by atoms with E-state index in [-0.39, 0.29) is 17.6 Å². The van der Waals surface area contributed by atoms with Gasteiger partial charge in [0.2, 0.25) is 0 Å². The fourth-order valence-electron chi connectivity index (χ4n) is 2.10. The minimum atomic E-state index is -0.406. The molecule has 0 aliphatic rings. The summed E-state index contributed by atoms with van der Waals surface area (Å²) in [4.78, 5) is 0. The van der Waals surface area contributed by atoms with Crippen LogP contribution in [0.25, 0.3) is 0 Å². The maximum absolute atomic E-state index is 13.4. The quantitative estimate of drug-likeness (QED) is 0.866. The Hall–Kier alpha value is -2.10. The van der Waals surface area contributed by atoms with Crippen molar-refractivity contribution in [2.45, 2.75) is 19.4 Å². The SMILES string of the molecule is CCC(Nc1ccc(F)c(OC)c1)c1cccc(F)c1. The van der Waals surface area contributed by atoms with Crippen LogP contribution in [0.5, 0.6) is 5.75 Å². The maximum atomic E-state index is 13.4. The fourth-order valence-corrected chi connectivity index (χ4v) is 2.10. The van der Waals surface area contributed by atoms with E-state index in [1.165, 1.54) is 25.3 Å². The Labute approximate surface area is 117 Å². The third-order valence-corrected chi connectivity index (χ3v) is 3.15. The molecule has 0 saturated carbocycles. The van der Waals surface area contributed by atoms with Gasteiger partial charge in [0, 0.05) is 11.8 Å². The van der Waals surface area contributed by atoms with Crippen molar-refractivity contribution in [1.29, 1.82) is 0 Å². The van der Waals surface area contributed by atoms with E-state index < -0.39 is 5.82 Å². The van der Waals surface area contributed by atoms with Crippen molar-refractivity contribution in [1.82, 2.24) is 0 Å². The highest BCUT2D eigenvalue weighted by atomic mass is 19.1. The molecular formula is C16H17F2NO. The number of anilines is 1. The first-order valence-electron chi connectivity index (χ1n) is 6.49. The maximum Gasteiger partial charge on any atom is 0.165 e. The minimum Gasteiger partial charge on any atom is -0.494 e. The summed E-state index contributed by atoms with van der Waals surface area (Å²) in [6.45, 7) is 2.00. The molecule has 2 rings (SSSR count). The van der Waals surface area contributed by atoms with Crippen molar-refractivity contribution in [2.24, 2.45) is 0 Å². The summed E-state index contributed by atoms with van der Waals surface area (Å²) in [7, 11) is 1.42. The van der Waals surface area contributed by atoms with Gasteiger partial charge in [-0.1, -0.05) is 19.1 Å². The van der Waals surface area contributed by atoms with Crippen LogP contribution >= 0.6 is 0 Å². The smallest absolute Gasteiger partial charge is 0.165 e. The third-order valence-electron chi connectivity index (χ3n) is 3.15. The van der Waals surface area contributed by atoms with E-state index in [0.29, 0.717) is 0 Å². The van der Waals surface area contributed by atoms with Gasteiger partial charge in [0.1, 0.15) is 5.82 Å². The number of halogens is 2. The summed E-state index contributed by atoms with van der Waals surface area (Å²) in [5.41, 5.74) is 1.59. The average Bonchev–Trinajstić information content (AvgIpc) is 2.46. The van der Waals surface area contributed by atoms with Crippen LogP contribution in [-0.4, -0.2) is 7.11 Å². The molecule has 0 amide bonds. The first-order valence-corrected chi connectivity index (χ1v) is 6.49. The number of methoxy groups -OCH3 is 1. The Balaban J connectivity index is 2.22. The predicted molar refractivity (Wildman–Crippen MR) is 76.0 cm³/mol. The zero-order valence-electron chi connectivity index (χ0n) is 11.5. The van der Waals surface area contributed by atoms with E-state index in [2.05, 4.69) is 5.32 Å². The highest BCUT2D eigenvalue weighted by molar-refractivity contribution is 5.50. The van der Waals surface area contributed by atoms with Gasteiger partial charge in [0.15, 0.2) is 11.6 Å². The van der Waals surface area contributed by atoms with Crippen LogP contribution in [0.15, 0.2) is 42.5 Å². The van der Waals surface area contributed by atoms with Crippen molar-refractivity contribution >= 4 is 5.69 Å². The van der Waals surface area contributed by atoms with Crippen LogP contribution in [0.4, 0.5) is 14.5 Å². The van der Waals surface area contributed by atoms with Crippen molar-refractivity contribution in [3.05, 3.63) is 59.7 Å². The zero-order valence-corrected chi connectivity index (χ0v) is 11.5. The van der Waals surface area contributed by atoms with E-state index in [1.807, 2.05) is 13.0 Å². The Kier molecular flexibility index (Phi) is 4.56. The lowest BCUT2D eigenvalue weighted by molar-refractivity contribution is 0.386. The molecule has 0 aromatic heterocycles. The van der Waals surface area contributed by atoms with Crippen molar-refractivity contribution in [3.8, 4) is 5.75 Å². The van der Waals surface area contributed by atoms with Crippen LogP contribution in [0.1, 0.15) is 24.9 Å². The van der Waals surface area contributed by atoms with Crippen molar-refractivity contribution < 1.29 is 13.5 Å². The summed E-state index contributed by atoms with van der Waals surface area (Å²) >= 11 is 0. The molecule has 0 saturated heterocycles. The molecule has 0 spiro atoms. The van der Waals surface area contributed by atoms with E-state index in [1.54, 1.807) is 18.2 Å². The molecule has 106 valence electrons. The van der Waals surface area contributed by atoms with Crippen LogP contribution in [0, 0.1) is 11.6 Å². The number of rotatable bonds is 5. The Morgan fingerprint density at radius 2 is 1.95 bits per heavy atom. The van der Waals surface area contributed by atoms with Crippen LogP contribution < -0.4 is 10.1 Å². The van der Waals surface area contributed by atoms with E-state index in [0.717, 1.165) is 17.7 Å². The van der Waals surface area contributed by atoms with Crippen molar-refractivity contribution in [2.75, 3.05) is 12.4 Å². The van der Waals surface area contributed by atoms with E-state index in [4.69, 9.17) is 4.74 Å². The molecule has 1 atom stereocenters. The minimum absolute atomic E-state index is 0.0409. The highest BCUT2D eigenvalue weighted by Crippen LogP contribution is 2.27. The second-order valence-corrected chi connectivity index (χ2v) is 4.51. The first-order chi connectivity index (χ1) is 9.63. The van der Waals surface area contributed by atoms with Gasteiger partial charge in [-0.25, -0.2) is 8.78 Å². The normalized spacial score (nSPS) is 12.0. The van der Waals surface area contributed by atoms with Gasteiger partial charge in [-0.15, -0.1) is 0 Å². The molecule has 0 heterocycles. The van der Waals surface area contributed by atoms with E-state index >= 15 is 0 Å². The Morgan fingerprint density at radius 1 is 1.15 bits per heavy atom. The number of nitrogens with one attached hydrogen (secondary N) is 1. The fraction of sp³-hybridized carbons (Fsp3) is 0.250. The molecule has 20 heavy (non-hydrogen) atoms. The number of hydrogen-bond acceptors (Lipinski definition) is 2. The molecule has 0 radical (unpaired) electrons. The second-order valence-electron chi connectivity index (χ2n) is 4.51. The van der Waals surface area contributed by atoms with Gasteiger partial charge in [0.05, 0.1) is 13.2 Å². The highest BCUT2D eigenvalue weighted by Gasteiger charge is 2.11. The summed E-state index contributed by atoms with van der Waals surface area (Å²) in [5.74, 6) is -0.486. The van der Waals surface area contributed by atoms with Crippen molar-refractivity contribution in [3.63, 3.8) is 0 Å². The summed E-state index contributed by atoms with van der Waals surface area (Å²) in [6, 6.07) is 11.0. The number of benzene rings is 2. The van der Waals surface area contributed by atoms with Crippen LogP contribution in [0.2, 0.25) is 0 Å². The Bertz CT molecular complexity index is 586. The topological polar surface area (TPSA) is 21.3 Å². The monoisotopic (exact) mass is 277 g/mol. The number of ether oxygens (including phenoxy) is 1. The largest absolute Gasteiger partial charge is 0.494 e. The van der Waals surface area contributed by atoms with Gasteiger partial charge in [0.25, 0.3) is 0 Å². The summed E-state index contributed by atoms with van der Waals surface area (Å²) < 4.78 is 31.6. The van der Waals surface area contributed by atoms with Crippen LogP contribution in [-0.2, 0) is 0 Å².